The Labute approximate surface area is 115 Å². The Morgan fingerprint density at radius 3 is 3.11 bits per heavy atom. The van der Waals surface area contributed by atoms with Crippen LogP contribution in [0.3, 0.4) is 0 Å². The molecule has 1 N–H and O–H groups in total. The van der Waals surface area contributed by atoms with Crippen molar-refractivity contribution in [1.29, 1.82) is 0 Å². The number of hydrogen-bond donors (Lipinski definition) is 1. The van der Waals surface area contributed by atoms with E-state index in [-0.39, 0.29) is 12.0 Å². The van der Waals surface area contributed by atoms with Gasteiger partial charge >= 0.3 is 0 Å². The van der Waals surface area contributed by atoms with Crippen molar-refractivity contribution in [2.24, 2.45) is 0 Å². The Morgan fingerprint density at radius 2 is 2.39 bits per heavy atom. The van der Waals surface area contributed by atoms with Crippen molar-refractivity contribution in [1.82, 2.24) is 4.98 Å². The summed E-state index contributed by atoms with van der Waals surface area (Å²) in [5, 5.41) is 2.89. The first kappa shape index (κ1) is 13.5. The molecule has 1 aliphatic rings. The fourth-order valence-electron chi connectivity index (χ4n) is 2.00. The molecule has 0 radical (unpaired) electrons. The predicted octanol–water partition coefficient (Wildman–Crippen LogP) is 3.05. The number of anilines is 1. The van der Waals surface area contributed by atoms with E-state index in [1.165, 1.54) is 0 Å². The zero-order valence-corrected chi connectivity index (χ0v) is 12.0. The number of rotatable bonds is 3. The lowest BCUT2D eigenvalue weighted by atomic mass is 10.1. The topological polar surface area (TPSA) is 51.2 Å². The van der Waals surface area contributed by atoms with Crippen LogP contribution in [-0.2, 0) is 9.53 Å². The van der Waals surface area contributed by atoms with Gasteiger partial charge in [-0.05, 0) is 47.7 Å². The molecule has 0 spiro atoms. The number of nitrogens with zero attached hydrogens (tertiary/aromatic N) is 1. The number of carbonyl (C=O) groups is 1. The van der Waals surface area contributed by atoms with Gasteiger partial charge in [0.15, 0.2) is 0 Å². The van der Waals surface area contributed by atoms with Crippen molar-refractivity contribution in [3.8, 4) is 0 Å². The van der Waals surface area contributed by atoms with Gasteiger partial charge in [0.05, 0.1) is 24.4 Å². The van der Waals surface area contributed by atoms with Crippen LogP contribution in [0.4, 0.5) is 5.69 Å². The lowest BCUT2D eigenvalue weighted by molar-refractivity contribution is -0.119. The second kappa shape index (κ2) is 6.29. The van der Waals surface area contributed by atoms with E-state index in [4.69, 9.17) is 4.74 Å². The lowest BCUT2D eigenvalue weighted by Gasteiger charge is -2.22. The van der Waals surface area contributed by atoms with E-state index in [1.807, 2.05) is 6.92 Å². The van der Waals surface area contributed by atoms with Gasteiger partial charge in [-0.2, -0.15) is 0 Å². The van der Waals surface area contributed by atoms with Crippen molar-refractivity contribution in [2.45, 2.75) is 38.7 Å². The molecular formula is C13H17BrN2O2. The molecule has 1 aliphatic heterocycles. The Kier molecular flexibility index (Phi) is 4.72. The third-order valence-electron chi connectivity index (χ3n) is 3.11. The van der Waals surface area contributed by atoms with Gasteiger partial charge in [-0.3, -0.25) is 9.78 Å². The minimum Gasteiger partial charge on any atom is -0.378 e. The average Bonchev–Trinajstić information content (AvgIpc) is 2.36. The molecule has 98 valence electrons. The summed E-state index contributed by atoms with van der Waals surface area (Å²) in [6, 6.07) is 0. The highest BCUT2D eigenvalue weighted by Gasteiger charge is 2.18. The van der Waals surface area contributed by atoms with Gasteiger partial charge in [0.2, 0.25) is 5.91 Å². The molecule has 1 saturated heterocycles. The Balaban J connectivity index is 1.92. The van der Waals surface area contributed by atoms with Crippen LogP contribution >= 0.6 is 15.9 Å². The summed E-state index contributed by atoms with van der Waals surface area (Å²) in [4.78, 5) is 16.0. The largest absolute Gasteiger partial charge is 0.378 e. The summed E-state index contributed by atoms with van der Waals surface area (Å²) in [6.45, 7) is 2.72. The summed E-state index contributed by atoms with van der Waals surface area (Å²) in [5.74, 6) is -0.00935. The van der Waals surface area contributed by atoms with Gasteiger partial charge in [0, 0.05) is 17.3 Å². The number of halogens is 1. The summed E-state index contributed by atoms with van der Waals surface area (Å²) in [7, 11) is 0. The second-order valence-electron chi connectivity index (χ2n) is 4.53. The Hall–Kier alpha value is -0.940. The van der Waals surface area contributed by atoms with Crippen LogP contribution in [0.25, 0.3) is 0 Å². The minimum atomic E-state index is -0.00935. The number of hydrogen-bond acceptors (Lipinski definition) is 3. The maximum atomic E-state index is 11.9. The van der Waals surface area contributed by atoms with Crippen molar-refractivity contribution in [3.63, 3.8) is 0 Å². The molecule has 1 amide bonds. The van der Waals surface area contributed by atoms with Crippen LogP contribution in [0.1, 0.15) is 31.2 Å². The third kappa shape index (κ3) is 3.53. The number of amides is 1. The zero-order valence-electron chi connectivity index (χ0n) is 10.4. The highest BCUT2D eigenvalue weighted by molar-refractivity contribution is 9.10. The first-order chi connectivity index (χ1) is 8.66. The number of ether oxygens (including phenoxy) is 1. The number of carbonyl (C=O) groups excluding carboxylic acids is 1. The molecule has 1 atom stereocenters. The molecule has 5 heteroatoms. The van der Waals surface area contributed by atoms with E-state index in [1.54, 1.807) is 12.4 Å². The molecule has 0 aliphatic carbocycles. The molecule has 2 heterocycles. The van der Waals surface area contributed by atoms with E-state index >= 15 is 0 Å². The summed E-state index contributed by atoms with van der Waals surface area (Å²) in [5.41, 5.74) is 1.74. The highest BCUT2D eigenvalue weighted by atomic mass is 79.9. The summed E-state index contributed by atoms with van der Waals surface area (Å²) in [6.07, 6.45) is 7.10. The van der Waals surface area contributed by atoms with E-state index in [2.05, 4.69) is 26.2 Å². The van der Waals surface area contributed by atoms with E-state index in [0.29, 0.717) is 6.42 Å². The van der Waals surface area contributed by atoms with Crippen LogP contribution < -0.4 is 5.32 Å². The molecule has 1 aromatic heterocycles. The quantitative estimate of drug-likeness (QED) is 0.933. The van der Waals surface area contributed by atoms with Gasteiger partial charge in [-0.1, -0.05) is 0 Å². The lowest BCUT2D eigenvalue weighted by Crippen LogP contribution is -2.25. The average molecular weight is 313 g/mol. The van der Waals surface area contributed by atoms with Crippen LogP contribution in [0.5, 0.6) is 0 Å². The summed E-state index contributed by atoms with van der Waals surface area (Å²) < 4.78 is 6.45. The van der Waals surface area contributed by atoms with Crippen molar-refractivity contribution < 1.29 is 9.53 Å². The molecule has 0 saturated carbocycles. The molecular weight excluding hydrogens is 296 g/mol. The minimum absolute atomic E-state index is 0.00935. The molecule has 4 nitrogen and oxygen atoms in total. The molecule has 18 heavy (non-hydrogen) atoms. The standard InChI is InChI=1S/C13H17BrN2O2/c1-9-11(14)7-15-8-12(9)16-13(17)6-10-4-2-3-5-18-10/h7-8,10H,2-6H2,1H3,(H,16,17). The first-order valence-corrected chi connectivity index (χ1v) is 6.97. The maximum absolute atomic E-state index is 11.9. The second-order valence-corrected chi connectivity index (χ2v) is 5.39. The van der Waals surface area contributed by atoms with Gasteiger partial charge in [0.1, 0.15) is 0 Å². The third-order valence-corrected chi connectivity index (χ3v) is 3.91. The Bertz CT molecular complexity index is 431. The molecule has 0 bridgehead atoms. The first-order valence-electron chi connectivity index (χ1n) is 6.18. The molecule has 1 unspecified atom stereocenters. The van der Waals surface area contributed by atoms with Gasteiger partial charge in [0.25, 0.3) is 0 Å². The molecule has 1 fully saturated rings. The number of aromatic nitrogens is 1. The smallest absolute Gasteiger partial charge is 0.227 e. The Morgan fingerprint density at radius 1 is 1.56 bits per heavy atom. The zero-order chi connectivity index (χ0) is 13.0. The number of pyridine rings is 1. The van der Waals surface area contributed by atoms with Crippen LogP contribution in [-0.4, -0.2) is 23.6 Å². The number of nitrogens with one attached hydrogen (secondary N) is 1. The van der Waals surface area contributed by atoms with Crippen LogP contribution in [0, 0.1) is 6.92 Å². The molecule has 2 rings (SSSR count). The van der Waals surface area contributed by atoms with Crippen molar-refractivity contribution >= 4 is 27.5 Å². The van der Waals surface area contributed by atoms with Crippen LogP contribution in [0.15, 0.2) is 16.9 Å². The summed E-state index contributed by atoms with van der Waals surface area (Å²) >= 11 is 3.40. The van der Waals surface area contributed by atoms with E-state index in [9.17, 15) is 4.79 Å². The predicted molar refractivity (Wildman–Crippen MR) is 73.5 cm³/mol. The molecule has 0 aromatic carbocycles. The van der Waals surface area contributed by atoms with Crippen molar-refractivity contribution in [3.05, 3.63) is 22.4 Å². The maximum Gasteiger partial charge on any atom is 0.227 e. The van der Waals surface area contributed by atoms with Gasteiger partial charge in [-0.15, -0.1) is 0 Å². The van der Waals surface area contributed by atoms with Crippen LogP contribution in [0.2, 0.25) is 0 Å². The van der Waals surface area contributed by atoms with E-state index in [0.717, 1.165) is 41.6 Å². The van der Waals surface area contributed by atoms with Gasteiger partial charge in [-0.25, -0.2) is 0 Å². The van der Waals surface area contributed by atoms with E-state index < -0.39 is 0 Å². The monoisotopic (exact) mass is 312 g/mol. The van der Waals surface area contributed by atoms with Crippen molar-refractivity contribution in [2.75, 3.05) is 11.9 Å². The normalized spacial score (nSPS) is 19.6. The SMILES string of the molecule is Cc1c(Br)cncc1NC(=O)CC1CCCCO1. The fourth-order valence-corrected chi connectivity index (χ4v) is 2.33. The molecule has 1 aromatic rings. The fraction of sp³-hybridized carbons (Fsp3) is 0.538. The highest BCUT2D eigenvalue weighted by Crippen LogP contribution is 2.23. The van der Waals surface area contributed by atoms with Gasteiger partial charge < -0.3 is 10.1 Å².